The molecule has 0 fully saturated rings. The summed E-state index contributed by atoms with van der Waals surface area (Å²) in [6, 6.07) is 7.62. The number of ether oxygens (including phenoxy) is 2. The minimum absolute atomic E-state index is 0.0945. The van der Waals surface area contributed by atoms with Crippen molar-refractivity contribution >= 4 is 35.0 Å². The lowest BCUT2D eigenvalue weighted by Gasteiger charge is -2.12. The lowest BCUT2D eigenvalue weighted by molar-refractivity contribution is -0.384. The number of nitro groups is 1. The number of carbonyl (C=O) groups is 1. The van der Waals surface area contributed by atoms with Crippen LogP contribution in [0.15, 0.2) is 36.4 Å². The van der Waals surface area contributed by atoms with Gasteiger partial charge in [0, 0.05) is 18.2 Å². The zero-order valence-electron chi connectivity index (χ0n) is 15.1. The van der Waals surface area contributed by atoms with Gasteiger partial charge in [0.05, 0.1) is 29.4 Å². The summed E-state index contributed by atoms with van der Waals surface area (Å²) in [6.45, 7) is 4.03. The second-order valence-electron chi connectivity index (χ2n) is 5.55. The molecular weight excluding hydrogens is 372 g/mol. The summed E-state index contributed by atoms with van der Waals surface area (Å²) < 4.78 is 10.7. The average Bonchev–Trinajstić information content (AvgIpc) is 2.63. The molecule has 7 nitrogen and oxygen atoms in total. The number of methoxy groups -OCH3 is 1. The number of benzene rings is 2. The fourth-order valence-corrected chi connectivity index (χ4v) is 2.60. The Morgan fingerprint density at radius 3 is 2.70 bits per heavy atom. The number of aryl methyl sites for hydroxylation is 1. The standard InChI is InChI=1S/C19H19ClN2O5/c1-4-27-19-15(20)9-13(10-17(19)26-3)6-8-18(23)21-16-11-14(22(24)25)7-5-12(16)2/h5-11H,4H2,1-3H3,(H,21,23)/b8-6+. The molecule has 0 bridgehead atoms. The highest BCUT2D eigenvalue weighted by molar-refractivity contribution is 6.32. The Morgan fingerprint density at radius 2 is 2.07 bits per heavy atom. The number of carbonyl (C=O) groups excluding carboxylic acids is 1. The fraction of sp³-hybridized carbons (Fsp3) is 0.211. The van der Waals surface area contributed by atoms with Gasteiger partial charge in [0.25, 0.3) is 5.69 Å². The highest BCUT2D eigenvalue weighted by Gasteiger charge is 2.12. The van der Waals surface area contributed by atoms with Gasteiger partial charge in [-0.25, -0.2) is 0 Å². The van der Waals surface area contributed by atoms with Gasteiger partial charge in [-0.3, -0.25) is 14.9 Å². The number of non-ortho nitro benzene ring substituents is 1. The van der Waals surface area contributed by atoms with E-state index in [1.807, 2.05) is 6.92 Å². The second kappa shape index (κ2) is 9.05. The lowest BCUT2D eigenvalue weighted by atomic mass is 10.1. The normalized spacial score (nSPS) is 10.7. The number of halogens is 1. The van der Waals surface area contributed by atoms with E-state index in [9.17, 15) is 14.9 Å². The summed E-state index contributed by atoms with van der Waals surface area (Å²) in [4.78, 5) is 22.5. The quantitative estimate of drug-likeness (QED) is 0.423. The molecule has 0 aliphatic rings. The van der Waals surface area contributed by atoms with Gasteiger partial charge in [-0.2, -0.15) is 0 Å². The van der Waals surface area contributed by atoms with Crippen LogP contribution >= 0.6 is 11.6 Å². The Morgan fingerprint density at radius 1 is 1.33 bits per heavy atom. The molecule has 0 heterocycles. The highest BCUT2D eigenvalue weighted by atomic mass is 35.5. The van der Waals surface area contributed by atoms with Crippen molar-refractivity contribution in [2.45, 2.75) is 13.8 Å². The lowest BCUT2D eigenvalue weighted by Crippen LogP contribution is -2.09. The molecule has 8 heteroatoms. The van der Waals surface area contributed by atoms with Crippen LogP contribution in [-0.4, -0.2) is 24.5 Å². The van der Waals surface area contributed by atoms with Crippen LogP contribution in [0.5, 0.6) is 11.5 Å². The van der Waals surface area contributed by atoms with Crippen LogP contribution < -0.4 is 14.8 Å². The maximum atomic E-state index is 12.2. The molecule has 0 saturated carbocycles. The molecule has 0 atom stereocenters. The van der Waals surface area contributed by atoms with Crippen molar-refractivity contribution in [3.63, 3.8) is 0 Å². The Balaban J connectivity index is 2.19. The van der Waals surface area contributed by atoms with Gasteiger partial charge >= 0.3 is 0 Å². The number of hydrogen-bond acceptors (Lipinski definition) is 5. The maximum Gasteiger partial charge on any atom is 0.271 e. The molecule has 27 heavy (non-hydrogen) atoms. The van der Waals surface area contributed by atoms with E-state index in [0.717, 1.165) is 0 Å². The molecule has 1 amide bonds. The number of nitro benzene ring substituents is 1. The van der Waals surface area contributed by atoms with E-state index in [4.69, 9.17) is 21.1 Å². The summed E-state index contributed by atoms with van der Waals surface area (Å²) in [5, 5.41) is 13.9. The van der Waals surface area contributed by atoms with Crippen molar-refractivity contribution in [1.29, 1.82) is 0 Å². The summed E-state index contributed by atoms with van der Waals surface area (Å²) in [5.74, 6) is 0.469. The molecule has 2 aromatic rings. The van der Waals surface area contributed by atoms with E-state index in [1.165, 1.54) is 25.3 Å². The predicted molar refractivity (Wildman–Crippen MR) is 105 cm³/mol. The SMILES string of the molecule is CCOc1c(Cl)cc(/C=C/C(=O)Nc2cc([N+](=O)[O-])ccc2C)cc1OC. The fourth-order valence-electron chi connectivity index (χ4n) is 2.32. The molecule has 2 rings (SSSR count). The maximum absolute atomic E-state index is 12.2. The molecule has 0 unspecified atom stereocenters. The van der Waals surface area contributed by atoms with Crippen LogP contribution in [0.2, 0.25) is 5.02 Å². The van der Waals surface area contributed by atoms with Crippen LogP contribution in [-0.2, 0) is 4.79 Å². The average molecular weight is 391 g/mol. The molecule has 0 saturated heterocycles. The summed E-state index contributed by atoms with van der Waals surface area (Å²) in [7, 11) is 1.50. The number of amides is 1. The number of hydrogen-bond donors (Lipinski definition) is 1. The first-order chi connectivity index (χ1) is 12.8. The summed E-state index contributed by atoms with van der Waals surface area (Å²) in [5.41, 5.74) is 1.64. The third kappa shape index (κ3) is 5.21. The van der Waals surface area contributed by atoms with Crippen LogP contribution in [0.4, 0.5) is 11.4 Å². The van der Waals surface area contributed by atoms with Gasteiger partial charge in [-0.15, -0.1) is 0 Å². The van der Waals surface area contributed by atoms with Gasteiger partial charge in [-0.1, -0.05) is 17.7 Å². The molecule has 0 spiro atoms. The van der Waals surface area contributed by atoms with Crippen molar-refractivity contribution in [3.8, 4) is 11.5 Å². The number of nitrogens with one attached hydrogen (secondary N) is 1. The van der Waals surface area contributed by atoms with E-state index in [2.05, 4.69) is 5.32 Å². The Bertz CT molecular complexity index is 896. The van der Waals surface area contributed by atoms with Gasteiger partial charge in [0.15, 0.2) is 11.5 Å². The molecule has 1 N–H and O–H groups in total. The molecule has 0 radical (unpaired) electrons. The molecule has 2 aromatic carbocycles. The zero-order valence-corrected chi connectivity index (χ0v) is 15.9. The number of nitrogens with zero attached hydrogens (tertiary/aromatic N) is 1. The molecular formula is C19H19ClN2O5. The van der Waals surface area contributed by atoms with Gasteiger partial charge < -0.3 is 14.8 Å². The van der Waals surface area contributed by atoms with Crippen molar-refractivity contribution in [2.24, 2.45) is 0 Å². The molecule has 142 valence electrons. The van der Waals surface area contributed by atoms with Gasteiger partial charge in [-0.05, 0) is 43.2 Å². The monoisotopic (exact) mass is 390 g/mol. The topological polar surface area (TPSA) is 90.7 Å². The Kier molecular flexibility index (Phi) is 6.79. The zero-order chi connectivity index (χ0) is 20.0. The first-order valence-corrected chi connectivity index (χ1v) is 8.48. The van der Waals surface area contributed by atoms with Gasteiger partial charge in [0.1, 0.15) is 0 Å². The predicted octanol–water partition coefficient (Wildman–Crippen LogP) is 4.62. The third-order valence-corrected chi connectivity index (χ3v) is 3.94. The van der Waals surface area contributed by atoms with Crippen LogP contribution in [0.3, 0.4) is 0 Å². The Labute approximate surface area is 161 Å². The van der Waals surface area contributed by atoms with Crippen LogP contribution in [0.25, 0.3) is 6.08 Å². The van der Waals surface area contributed by atoms with Crippen LogP contribution in [0.1, 0.15) is 18.1 Å². The van der Waals surface area contributed by atoms with E-state index in [0.29, 0.717) is 39.9 Å². The smallest absolute Gasteiger partial charge is 0.271 e. The summed E-state index contributed by atoms with van der Waals surface area (Å²) in [6.07, 6.45) is 2.87. The van der Waals surface area contributed by atoms with E-state index < -0.39 is 10.8 Å². The van der Waals surface area contributed by atoms with Gasteiger partial charge in [0.2, 0.25) is 5.91 Å². The van der Waals surface area contributed by atoms with Crippen LogP contribution in [0, 0.1) is 17.0 Å². The second-order valence-corrected chi connectivity index (χ2v) is 5.95. The van der Waals surface area contributed by atoms with Crippen molar-refractivity contribution in [1.82, 2.24) is 0 Å². The molecule has 0 aromatic heterocycles. The van der Waals surface area contributed by atoms with E-state index in [1.54, 1.807) is 31.2 Å². The minimum Gasteiger partial charge on any atom is -0.493 e. The molecule has 0 aliphatic heterocycles. The Hall–Kier alpha value is -3.06. The minimum atomic E-state index is -0.515. The number of rotatable bonds is 7. The summed E-state index contributed by atoms with van der Waals surface area (Å²) >= 11 is 6.20. The first-order valence-electron chi connectivity index (χ1n) is 8.10. The molecule has 0 aliphatic carbocycles. The van der Waals surface area contributed by atoms with Crippen molar-refractivity contribution < 1.29 is 19.2 Å². The van der Waals surface area contributed by atoms with E-state index in [-0.39, 0.29) is 5.69 Å². The van der Waals surface area contributed by atoms with Crippen molar-refractivity contribution in [2.75, 3.05) is 19.0 Å². The van der Waals surface area contributed by atoms with Crippen molar-refractivity contribution in [3.05, 3.63) is 62.7 Å². The largest absolute Gasteiger partial charge is 0.493 e. The first kappa shape index (κ1) is 20.3. The highest BCUT2D eigenvalue weighted by Crippen LogP contribution is 2.36. The van der Waals surface area contributed by atoms with E-state index >= 15 is 0 Å². The number of anilines is 1. The third-order valence-electron chi connectivity index (χ3n) is 3.66.